The lowest BCUT2D eigenvalue weighted by Crippen LogP contribution is -2.31. The number of furan rings is 1. The zero-order chi connectivity index (χ0) is 17.8. The quantitative estimate of drug-likeness (QED) is 0.722. The summed E-state index contributed by atoms with van der Waals surface area (Å²) in [5.74, 6) is -0.956. The predicted molar refractivity (Wildman–Crippen MR) is 94.0 cm³/mol. The van der Waals surface area contributed by atoms with E-state index < -0.39 is 11.7 Å². The van der Waals surface area contributed by atoms with E-state index in [-0.39, 0.29) is 23.9 Å². The number of halogens is 1. The van der Waals surface area contributed by atoms with Crippen LogP contribution in [0.2, 0.25) is 0 Å². The summed E-state index contributed by atoms with van der Waals surface area (Å²) in [7, 11) is 0. The summed E-state index contributed by atoms with van der Waals surface area (Å²) in [5, 5.41) is 12.8. The molecule has 0 saturated heterocycles. The number of aryl methyl sites for hydroxylation is 1. The third-order valence-corrected chi connectivity index (χ3v) is 4.17. The smallest absolute Gasteiger partial charge is 0.287 e. The molecule has 3 aromatic rings. The number of aliphatic hydroxyl groups is 1. The zero-order valence-corrected chi connectivity index (χ0v) is 14.0. The second kappa shape index (κ2) is 7.49. The molecule has 3 rings (SSSR count). The van der Waals surface area contributed by atoms with Gasteiger partial charge in [0.1, 0.15) is 0 Å². The standard InChI is InChI=1S/C20H20FNO3/c1-13-5-7-14(8-6-13)9-15(12-23)11-22-20(24)18-10-16-3-2-4-17(21)19(16)25-18/h2-8,10,15,23H,9,11-12H2,1H3,(H,22,24)/t15-/m1/s1. The lowest BCUT2D eigenvalue weighted by atomic mass is 9.99. The summed E-state index contributed by atoms with van der Waals surface area (Å²) in [6, 6.07) is 14.1. The Balaban J connectivity index is 1.63. The number of amides is 1. The Morgan fingerprint density at radius 3 is 2.68 bits per heavy atom. The molecule has 0 aliphatic carbocycles. The van der Waals surface area contributed by atoms with Gasteiger partial charge in [-0.25, -0.2) is 4.39 Å². The second-order valence-corrected chi connectivity index (χ2v) is 6.22. The summed E-state index contributed by atoms with van der Waals surface area (Å²) in [5.41, 5.74) is 2.35. The van der Waals surface area contributed by atoms with Crippen LogP contribution >= 0.6 is 0 Å². The van der Waals surface area contributed by atoms with Gasteiger partial charge < -0.3 is 14.8 Å². The Labute approximate surface area is 145 Å². The molecule has 0 radical (unpaired) electrons. The monoisotopic (exact) mass is 341 g/mol. The van der Waals surface area contributed by atoms with Crippen molar-refractivity contribution in [1.82, 2.24) is 5.32 Å². The summed E-state index contributed by atoms with van der Waals surface area (Å²) >= 11 is 0. The van der Waals surface area contributed by atoms with E-state index in [1.807, 2.05) is 31.2 Å². The highest BCUT2D eigenvalue weighted by Crippen LogP contribution is 2.22. The van der Waals surface area contributed by atoms with E-state index in [0.29, 0.717) is 18.4 Å². The van der Waals surface area contributed by atoms with E-state index in [1.54, 1.807) is 12.1 Å². The van der Waals surface area contributed by atoms with Crippen molar-refractivity contribution in [3.8, 4) is 0 Å². The third kappa shape index (κ3) is 4.06. The van der Waals surface area contributed by atoms with Crippen molar-refractivity contribution < 1.29 is 18.7 Å². The minimum Gasteiger partial charge on any atom is -0.448 e. The summed E-state index contributed by atoms with van der Waals surface area (Å²) in [6.07, 6.45) is 0.659. The highest BCUT2D eigenvalue weighted by atomic mass is 19.1. The van der Waals surface area contributed by atoms with Crippen molar-refractivity contribution in [3.05, 3.63) is 71.2 Å². The normalized spacial score (nSPS) is 12.3. The van der Waals surface area contributed by atoms with E-state index in [1.165, 1.54) is 17.7 Å². The van der Waals surface area contributed by atoms with Crippen LogP contribution in [0.1, 0.15) is 21.7 Å². The fourth-order valence-corrected chi connectivity index (χ4v) is 2.72. The Kier molecular flexibility index (Phi) is 5.14. The molecular formula is C20H20FNO3. The molecular weight excluding hydrogens is 321 g/mol. The van der Waals surface area contributed by atoms with Gasteiger partial charge in [0, 0.05) is 24.5 Å². The van der Waals surface area contributed by atoms with E-state index in [4.69, 9.17) is 4.42 Å². The molecule has 1 amide bonds. The van der Waals surface area contributed by atoms with Crippen LogP contribution in [0, 0.1) is 18.7 Å². The SMILES string of the molecule is Cc1ccc(C[C@@H](CO)CNC(=O)c2cc3cccc(F)c3o2)cc1. The van der Waals surface area contributed by atoms with Gasteiger partial charge in [0.15, 0.2) is 17.2 Å². The van der Waals surface area contributed by atoms with Crippen molar-refractivity contribution in [2.75, 3.05) is 13.2 Å². The van der Waals surface area contributed by atoms with Crippen molar-refractivity contribution in [3.63, 3.8) is 0 Å². The molecule has 0 bridgehead atoms. The van der Waals surface area contributed by atoms with Gasteiger partial charge in [-0.15, -0.1) is 0 Å². The molecule has 0 aliphatic rings. The van der Waals surface area contributed by atoms with Crippen molar-refractivity contribution in [2.45, 2.75) is 13.3 Å². The summed E-state index contributed by atoms with van der Waals surface area (Å²) in [6.45, 7) is 2.29. The van der Waals surface area contributed by atoms with Crippen LogP contribution in [-0.4, -0.2) is 24.2 Å². The average Bonchev–Trinajstić information content (AvgIpc) is 3.06. The number of benzene rings is 2. The van der Waals surface area contributed by atoms with Crippen LogP contribution in [0.4, 0.5) is 4.39 Å². The molecule has 1 heterocycles. The Hall–Kier alpha value is -2.66. The van der Waals surface area contributed by atoms with Gasteiger partial charge >= 0.3 is 0 Å². The fourth-order valence-electron chi connectivity index (χ4n) is 2.72. The number of rotatable bonds is 6. The Morgan fingerprint density at radius 1 is 1.24 bits per heavy atom. The van der Waals surface area contributed by atoms with Crippen LogP contribution < -0.4 is 5.32 Å². The minimum absolute atomic E-state index is 0.0388. The van der Waals surface area contributed by atoms with Crippen LogP contribution in [-0.2, 0) is 6.42 Å². The third-order valence-electron chi connectivity index (χ3n) is 4.17. The van der Waals surface area contributed by atoms with E-state index in [9.17, 15) is 14.3 Å². The molecule has 0 saturated carbocycles. The molecule has 25 heavy (non-hydrogen) atoms. The predicted octanol–water partition coefficient (Wildman–Crippen LogP) is 3.46. The highest BCUT2D eigenvalue weighted by molar-refractivity contribution is 5.96. The number of fused-ring (bicyclic) bond motifs is 1. The van der Waals surface area contributed by atoms with Crippen molar-refractivity contribution in [1.29, 1.82) is 0 Å². The molecule has 1 aromatic heterocycles. The zero-order valence-electron chi connectivity index (χ0n) is 14.0. The van der Waals surface area contributed by atoms with E-state index in [2.05, 4.69) is 5.32 Å². The molecule has 2 N–H and O–H groups in total. The van der Waals surface area contributed by atoms with Gasteiger partial charge in [-0.1, -0.05) is 42.0 Å². The van der Waals surface area contributed by atoms with Gasteiger partial charge in [0.25, 0.3) is 5.91 Å². The van der Waals surface area contributed by atoms with E-state index in [0.717, 1.165) is 5.56 Å². The first-order chi connectivity index (χ1) is 12.1. The Morgan fingerprint density at radius 2 is 2.00 bits per heavy atom. The molecule has 5 heteroatoms. The largest absolute Gasteiger partial charge is 0.448 e. The summed E-state index contributed by atoms with van der Waals surface area (Å²) in [4.78, 5) is 12.2. The first kappa shape index (κ1) is 17.2. The summed E-state index contributed by atoms with van der Waals surface area (Å²) < 4.78 is 19.0. The minimum atomic E-state index is -0.496. The molecule has 0 fully saturated rings. The first-order valence-corrected chi connectivity index (χ1v) is 8.19. The van der Waals surface area contributed by atoms with Crippen LogP contribution in [0.5, 0.6) is 0 Å². The highest BCUT2D eigenvalue weighted by Gasteiger charge is 2.16. The Bertz CT molecular complexity index is 870. The first-order valence-electron chi connectivity index (χ1n) is 8.19. The van der Waals surface area contributed by atoms with Crippen molar-refractivity contribution in [2.24, 2.45) is 5.92 Å². The number of hydrogen-bond donors (Lipinski definition) is 2. The number of para-hydroxylation sites is 1. The van der Waals surface area contributed by atoms with E-state index >= 15 is 0 Å². The molecule has 0 spiro atoms. The van der Waals surface area contributed by atoms with Crippen LogP contribution in [0.15, 0.2) is 52.9 Å². The molecule has 0 aliphatic heterocycles. The maximum absolute atomic E-state index is 13.6. The number of hydrogen-bond acceptors (Lipinski definition) is 3. The number of aliphatic hydroxyl groups excluding tert-OH is 1. The maximum atomic E-state index is 13.6. The van der Waals surface area contributed by atoms with Crippen molar-refractivity contribution >= 4 is 16.9 Å². The van der Waals surface area contributed by atoms with Crippen LogP contribution in [0.3, 0.4) is 0 Å². The lowest BCUT2D eigenvalue weighted by Gasteiger charge is -2.14. The molecule has 4 nitrogen and oxygen atoms in total. The molecule has 1 atom stereocenters. The van der Waals surface area contributed by atoms with Gasteiger partial charge in [-0.05, 0) is 31.0 Å². The topological polar surface area (TPSA) is 62.5 Å². The van der Waals surface area contributed by atoms with Crippen LogP contribution in [0.25, 0.3) is 11.0 Å². The maximum Gasteiger partial charge on any atom is 0.287 e. The number of nitrogens with one attached hydrogen (secondary N) is 1. The number of carbonyl (C=O) groups excluding carboxylic acids is 1. The number of carbonyl (C=O) groups is 1. The molecule has 130 valence electrons. The van der Waals surface area contributed by atoms with Gasteiger partial charge in [0.2, 0.25) is 0 Å². The van der Waals surface area contributed by atoms with Gasteiger partial charge in [-0.3, -0.25) is 4.79 Å². The molecule has 0 unspecified atom stereocenters. The second-order valence-electron chi connectivity index (χ2n) is 6.22. The average molecular weight is 341 g/mol. The molecule has 2 aromatic carbocycles. The van der Waals surface area contributed by atoms with Gasteiger partial charge in [-0.2, -0.15) is 0 Å². The fraction of sp³-hybridized carbons (Fsp3) is 0.250. The lowest BCUT2D eigenvalue weighted by molar-refractivity contribution is 0.0914. The van der Waals surface area contributed by atoms with Gasteiger partial charge in [0.05, 0.1) is 0 Å².